The Balaban J connectivity index is 1.89. The molecule has 0 radical (unpaired) electrons. The van der Waals surface area contributed by atoms with Crippen LogP contribution in [0, 0.1) is 5.92 Å². The van der Waals surface area contributed by atoms with Crippen LogP contribution in [-0.2, 0) is 14.3 Å². The molecular formula is C26H50O4. The average molecular weight is 427 g/mol. The summed E-state index contributed by atoms with van der Waals surface area (Å²) in [6, 6.07) is 0. The van der Waals surface area contributed by atoms with E-state index in [1.54, 1.807) is 0 Å². The zero-order valence-electron chi connectivity index (χ0n) is 20.2. The SMILES string of the molecule is CCCCCCCCCCCCCCCCCCC(C=O)[C@@H](O)[C@H]1COC(C)(C)O1. The van der Waals surface area contributed by atoms with Gasteiger partial charge in [-0.15, -0.1) is 0 Å². The number of hydrogen-bond acceptors (Lipinski definition) is 4. The largest absolute Gasteiger partial charge is 0.390 e. The van der Waals surface area contributed by atoms with Gasteiger partial charge >= 0.3 is 0 Å². The van der Waals surface area contributed by atoms with Crippen LogP contribution in [0.1, 0.15) is 130 Å². The lowest BCUT2D eigenvalue weighted by Crippen LogP contribution is -2.37. The van der Waals surface area contributed by atoms with E-state index < -0.39 is 18.0 Å². The molecule has 3 atom stereocenters. The standard InChI is InChI=1S/C26H50O4/c1-4-5-6-7-8-9-10-11-12-13-14-15-16-17-18-19-20-23(21-27)25(28)24-22-29-26(2,3)30-24/h21,23-25,28H,4-20,22H2,1-3H3/t23?,24-,25-/m1/s1. The van der Waals surface area contributed by atoms with Crippen molar-refractivity contribution in [3.8, 4) is 0 Å². The second-order valence-corrected chi connectivity index (χ2v) is 9.75. The van der Waals surface area contributed by atoms with Gasteiger partial charge < -0.3 is 19.4 Å². The Labute approximate surface area is 186 Å². The number of hydrogen-bond donors (Lipinski definition) is 1. The van der Waals surface area contributed by atoms with Gasteiger partial charge in [0.05, 0.1) is 12.7 Å². The normalized spacial score (nSPS) is 20.3. The molecule has 178 valence electrons. The van der Waals surface area contributed by atoms with Crippen molar-refractivity contribution in [3.63, 3.8) is 0 Å². The fraction of sp³-hybridized carbons (Fsp3) is 0.962. The second-order valence-electron chi connectivity index (χ2n) is 9.75. The lowest BCUT2D eigenvalue weighted by Gasteiger charge is -2.24. The van der Waals surface area contributed by atoms with Crippen molar-refractivity contribution in [3.05, 3.63) is 0 Å². The van der Waals surface area contributed by atoms with E-state index in [0.29, 0.717) is 6.61 Å². The van der Waals surface area contributed by atoms with Crippen LogP contribution in [0.3, 0.4) is 0 Å². The van der Waals surface area contributed by atoms with Crippen molar-refractivity contribution in [2.75, 3.05) is 6.61 Å². The third kappa shape index (κ3) is 13.1. The van der Waals surface area contributed by atoms with Crippen molar-refractivity contribution in [2.24, 2.45) is 5.92 Å². The van der Waals surface area contributed by atoms with Gasteiger partial charge in [0.15, 0.2) is 5.79 Å². The third-order valence-electron chi connectivity index (χ3n) is 6.42. The fourth-order valence-electron chi connectivity index (χ4n) is 4.41. The zero-order chi connectivity index (χ0) is 22.1. The molecule has 0 amide bonds. The van der Waals surface area contributed by atoms with Crippen molar-refractivity contribution in [1.29, 1.82) is 0 Å². The van der Waals surface area contributed by atoms with E-state index in [2.05, 4.69) is 6.92 Å². The molecular weight excluding hydrogens is 376 g/mol. The lowest BCUT2D eigenvalue weighted by molar-refractivity contribution is -0.157. The quantitative estimate of drug-likeness (QED) is 0.169. The topological polar surface area (TPSA) is 55.8 Å². The summed E-state index contributed by atoms with van der Waals surface area (Å²) in [6.07, 6.45) is 21.9. The summed E-state index contributed by atoms with van der Waals surface area (Å²) in [4.78, 5) is 11.4. The number of carbonyl (C=O) groups excluding carboxylic acids is 1. The molecule has 0 aromatic carbocycles. The molecule has 0 spiro atoms. The van der Waals surface area contributed by atoms with Gasteiger partial charge in [-0.05, 0) is 20.3 Å². The summed E-state index contributed by atoms with van der Waals surface area (Å²) >= 11 is 0. The number of unbranched alkanes of at least 4 members (excludes halogenated alkanes) is 15. The van der Waals surface area contributed by atoms with Gasteiger partial charge in [0.2, 0.25) is 0 Å². The summed E-state index contributed by atoms with van der Waals surface area (Å²) in [5.41, 5.74) is 0. The molecule has 4 heteroatoms. The molecule has 0 aliphatic carbocycles. The first-order chi connectivity index (χ1) is 14.5. The molecule has 30 heavy (non-hydrogen) atoms. The number of ether oxygens (including phenoxy) is 2. The first-order valence-electron chi connectivity index (χ1n) is 13.0. The summed E-state index contributed by atoms with van der Waals surface area (Å²) < 4.78 is 11.2. The highest BCUT2D eigenvalue weighted by molar-refractivity contribution is 5.54. The van der Waals surface area contributed by atoms with Crippen LogP contribution in [0.25, 0.3) is 0 Å². The Bertz CT molecular complexity index is 410. The van der Waals surface area contributed by atoms with Crippen LogP contribution in [0.15, 0.2) is 0 Å². The van der Waals surface area contributed by atoms with Crippen LogP contribution >= 0.6 is 0 Å². The van der Waals surface area contributed by atoms with E-state index in [-0.39, 0.29) is 5.92 Å². The monoisotopic (exact) mass is 426 g/mol. The van der Waals surface area contributed by atoms with E-state index in [1.165, 1.54) is 89.9 Å². The van der Waals surface area contributed by atoms with Gasteiger partial charge in [-0.2, -0.15) is 0 Å². The number of aliphatic hydroxyl groups excluding tert-OH is 1. The van der Waals surface area contributed by atoms with Gasteiger partial charge in [0.1, 0.15) is 12.4 Å². The summed E-state index contributed by atoms with van der Waals surface area (Å²) in [6.45, 7) is 6.31. The van der Waals surface area contributed by atoms with Gasteiger partial charge in [0.25, 0.3) is 0 Å². The molecule has 1 heterocycles. The average Bonchev–Trinajstić information content (AvgIpc) is 3.10. The van der Waals surface area contributed by atoms with Gasteiger partial charge in [-0.1, -0.05) is 110 Å². The highest BCUT2D eigenvalue weighted by Gasteiger charge is 2.39. The highest BCUT2D eigenvalue weighted by atomic mass is 16.7. The van der Waals surface area contributed by atoms with Crippen molar-refractivity contribution < 1.29 is 19.4 Å². The fourth-order valence-corrected chi connectivity index (χ4v) is 4.41. The third-order valence-corrected chi connectivity index (χ3v) is 6.42. The van der Waals surface area contributed by atoms with Crippen LogP contribution in [0.5, 0.6) is 0 Å². The molecule has 1 unspecified atom stereocenters. The van der Waals surface area contributed by atoms with Crippen LogP contribution in [-0.4, -0.2) is 36.0 Å². The molecule has 0 saturated carbocycles. The van der Waals surface area contributed by atoms with Gasteiger partial charge in [-0.25, -0.2) is 0 Å². The number of aliphatic hydroxyl groups is 1. The molecule has 4 nitrogen and oxygen atoms in total. The molecule has 1 rings (SSSR count). The highest BCUT2D eigenvalue weighted by Crippen LogP contribution is 2.28. The second kappa shape index (κ2) is 17.1. The maximum atomic E-state index is 11.4. The van der Waals surface area contributed by atoms with Crippen LogP contribution in [0.2, 0.25) is 0 Å². The molecule has 0 bridgehead atoms. The summed E-state index contributed by atoms with van der Waals surface area (Å²) in [5.74, 6) is -1.01. The Hall–Kier alpha value is -0.450. The number of aldehydes is 1. The van der Waals surface area contributed by atoms with Crippen molar-refractivity contribution in [2.45, 2.75) is 148 Å². The molecule has 1 aliphatic rings. The molecule has 1 aliphatic heterocycles. The molecule has 1 fully saturated rings. The van der Waals surface area contributed by atoms with E-state index >= 15 is 0 Å². The maximum Gasteiger partial charge on any atom is 0.163 e. The maximum absolute atomic E-state index is 11.4. The number of carbonyl (C=O) groups is 1. The Morgan fingerprint density at radius 2 is 1.27 bits per heavy atom. The van der Waals surface area contributed by atoms with E-state index in [9.17, 15) is 9.90 Å². The van der Waals surface area contributed by atoms with Crippen LogP contribution < -0.4 is 0 Å². The minimum Gasteiger partial charge on any atom is -0.390 e. The molecule has 1 saturated heterocycles. The predicted octanol–water partition coefficient (Wildman–Crippen LogP) is 6.97. The van der Waals surface area contributed by atoms with E-state index in [4.69, 9.17) is 9.47 Å². The van der Waals surface area contributed by atoms with Crippen molar-refractivity contribution >= 4 is 6.29 Å². The first kappa shape index (κ1) is 27.6. The summed E-state index contributed by atoms with van der Waals surface area (Å²) in [7, 11) is 0. The Morgan fingerprint density at radius 3 is 1.63 bits per heavy atom. The van der Waals surface area contributed by atoms with Gasteiger partial charge in [-0.3, -0.25) is 0 Å². The predicted molar refractivity (Wildman–Crippen MR) is 125 cm³/mol. The Morgan fingerprint density at radius 1 is 0.833 bits per heavy atom. The number of rotatable bonds is 20. The van der Waals surface area contributed by atoms with E-state index in [0.717, 1.165) is 25.5 Å². The molecule has 1 N–H and O–H groups in total. The minimum atomic E-state index is -0.763. The molecule has 0 aromatic rings. The van der Waals surface area contributed by atoms with Crippen molar-refractivity contribution in [1.82, 2.24) is 0 Å². The van der Waals surface area contributed by atoms with Crippen LogP contribution in [0.4, 0.5) is 0 Å². The molecule has 0 aromatic heterocycles. The Kier molecular flexibility index (Phi) is 15.8. The smallest absolute Gasteiger partial charge is 0.163 e. The lowest BCUT2D eigenvalue weighted by atomic mass is 9.93. The first-order valence-corrected chi connectivity index (χ1v) is 13.0. The van der Waals surface area contributed by atoms with E-state index in [1.807, 2.05) is 13.8 Å². The van der Waals surface area contributed by atoms with Gasteiger partial charge in [0, 0.05) is 5.92 Å². The summed E-state index contributed by atoms with van der Waals surface area (Å²) in [5, 5.41) is 10.4. The zero-order valence-corrected chi connectivity index (χ0v) is 20.2. The minimum absolute atomic E-state index is 0.348.